The molecule has 0 radical (unpaired) electrons. The summed E-state index contributed by atoms with van der Waals surface area (Å²) >= 11 is 0. The third kappa shape index (κ3) is 9.19. The van der Waals surface area contributed by atoms with Crippen LogP contribution in [-0.2, 0) is 38.8 Å². The third-order valence-corrected chi connectivity index (χ3v) is 9.40. The van der Waals surface area contributed by atoms with Gasteiger partial charge in [0.1, 0.15) is 18.4 Å². The number of carbonyl (C=O) groups is 2. The molecule has 0 heterocycles. The smallest absolute Gasteiger partial charge is 0.352 e. The highest BCUT2D eigenvalue weighted by Gasteiger charge is 2.36. The van der Waals surface area contributed by atoms with Gasteiger partial charge in [0.15, 0.2) is 0 Å². The van der Waals surface area contributed by atoms with Gasteiger partial charge in [-0.15, -0.1) is 0 Å². The van der Waals surface area contributed by atoms with Crippen molar-refractivity contribution in [3.05, 3.63) is 132 Å². The van der Waals surface area contributed by atoms with Crippen molar-refractivity contribution in [3.63, 3.8) is 0 Å². The van der Waals surface area contributed by atoms with Crippen molar-refractivity contribution < 1.29 is 35.6 Å². The van der Waals surface area contributed by atoms with Crippen molar-refractivity contribution in [1.29, 1.82) is 0 Å². The molecule has 0 fully saturated rings. The first-order valence-corrected chi connectivity index (χ1v) is 16.4. The summed E-state index contributed by atoms with van der Waals surface area (Å²) in [4.78, 5) is 29.2. The number of alkyl halides is 3. The summed E-state index contributed by atoms with van der Waals surface area (Å²) in [6.07, 6.45) is -4.15. The number of halogens is 4. The quantitative estimate of drug-likeness (QED) is 0.163. The molecule has 0 saturated carbocycles. The standard InChI is InChI=1S/C35H35F4N3O4S/c1-3-25(2)40-34(44)32(21-26-11-6-4-7-12-26)41(23-27-17-19-29(36)20-18-27)33(43)24-42(47(45,46)31-15-8-5-9-16-31)30-14-10-13-28(22-30)35(37,38)39/h4-20,22,25,32H,3,21,23-24H2,1-2H3,(H,40,44)/t25-,32+/m1/s1. The van der Waals surface area contributed by atoms with Crippen molar-refractivity contribution in [1.82, 2.24) is 10.2 Å². The number of hydrogen-bond donors (Lipinski definition) is 1. The van der Waals surface area contributed by atoms with Gasteiger partial charge in [0, 0.05) is 19.0 Å². The van der Waals surface area contributed by atoms with Crippen LogP contribution < -0.4 is 9.62 Å². The van der Waals surface area contributed by atoms with Crippen molar-refractivity contribution in [2.24, 2.45) is 0 Å². The molecule has 0 aliphatic carbocycles. The lowest BCUT2D eigenvalue weighted by Gasteiger charge is -2.34. The van der Waals surface area contributed by atoms with Gasteiger partial charge in [0.05, 0.1) is 16.1 Å². The molecule has 47 heavy (non-hydrogen) atoms. The van der Waals surface area contributed by atoms with Gasteiger partial charge in [0.25, 0.3) is 10.0 Å². The van der Waals surface area contributed by atoms with E-state index in [0.29, 0.717) is 27.9 Å². The van der Waals surface area contributed by atoms with E-state index in [2.05, 4.69) is 5.32 Å². The van der Waals surface area contributed by atoms with E-state index in [-0.39, 0.29) is 29.6 Å². The summed E-state index contributed by atoms with van der Waals surface area (Å²) in [6.45, 7) is 2.53. The Labute approximate surface area is 271 Å². The minimum Gasteiger partial charge on any atom is -0.352 e. The molecule has 0 saturated heterocycles. The molecular formula is C35H35F4N3O4S. The second-order valence-electron chi connectivity index (χ2n) is 11.0. The van der Waals surface area contributed by atoms with Crippen molar-refractivity contribution >= 4 is 27.5 Å². The van der Waals surface area contributed by atoms with Crippen LogP contribution in [0.4, 0.5) is 23.2 Å². The lowest BCUT2D eigenvalue weighted by Crippen LogP contribution is -2.54. The van der Waals surface area contributed by atoms with Crippen molar-refractivity contribution in [3.8, 4) is 0 Å². The normalized spacial score (nSPS) is 13.0. The van der Waals surface area contributed by atoms with Gasteiger partial charge in [-0.2, -0.15) is 13.2 Å². The molecule has 0 spiro atoms. The summed E-state index contributed by atoms with van der Waals surface area (Å²) in [5.41, 5.74) is -0.331. The fourth-order valence-electron chi connectivity index (χ4n) is 4.87. The lowest BCUT2D eigenvalue weighted by molar-refractivity contribution is -0.140. The highest BCUT2D eigenvalue weighted by molar-refractivity contribution is 7.92. The molecule has 0 aromatic heterocycles. The number of nitrogens with zero attached hydrogens (tertiary/aromatic N) is 2. The second kappa shape index (κ2) is 15.3. The van der Waals surface area contributed by atoms with Crippen LogP contribution >= 0.6 is 0 Å². The number of anilines is 1. The van der Waals surface area contributed by atoms with E-state index in [1.165, 1.54) is 59.5 Å². The van der Waals surface area contributed by atoms with Crippen molar-refractivity contribution in [2.75, 3.05) is 10.8 Å². The molecule has 4 aromatic rings. The highest BCUT2D eigenvalue weighted by atomic mass is 32.2. The number of rotatable bonds is 13. The zero-order chi connectivity index (χ0) is 34.2. The summed E-state index contributed by atoms with van der Waals surface area (Å²) in [6, 6.07) is 23.4. The summed E-state index contributed by atoms with van der Waals surface area (Å²) in [5, 5.41) is 2.90. The maximum Gasteiger partial charge on any atom is 0.416 e. The van der Waals surface area contributed by atoms with Gasteiger partial charge < -0.3 is 10.2 Å². The first-order valence-electron chi connectivity index (χ1n) is 14.9. The molecule has 7 nitrogen and oxygen atoms in total. The Kier molecular flexibility index (Phi) is 11.4. The first kappa shape index (κ1) is 35.1. The molecule has 2 atom stereocenters. The van der Waals surface area contributed by atoms with E-state index in [1.54, 1.807) is 43.3 Å². The molecule has 0 aliphatic heterocycles. The van der Waals surface area contributed by atoms with Gasteiger partial charge in [0.2, 0.25) is 11.8 Å². The second-order valence-corrected chi connectivity index (χ2v) is 12.9. The summed E-state index contributed by atoms with van der Waals surface area (Å²) < 4.78 is 83.6. The Morgan fingerprint density at radius 3 is 2.04 bits per heavy atom. The monoisotopic (exact) mass is 669 g/mol. The molecule has 12 heteroatoms. The molecule has 0 bridgehead atoms. The van der Waals surface area contributed by atoms with Gasteiger partial charge in [-0.05, 0) is 66.9 Å². The Balaban J connectivity index is 1.84. The molecule has 4 rings (SSSR count). The minimum atomic E-state index is -4.79. The number of amides is 2. The van der Waals surface area contributed by atoms with E-state index >= 15 is 0 Å². The SMILES string of the molecule is CC[C@@H](C)NC(=O)[C@H](Cc1ccccc1)N(Cc1ccc(F)cc1)C(=O)CN(c1cccc(C(F)(F)F)c1)S(=O)(=O)c1ccccc1. The number of hydrogen-bond acceptors (Lipinski definition) is 4. The van der Waals surface area contributed by atoms with E-state index in [1.807, 2.05) is 6.92 Å². The van der Waals surface area contributed by atoms with E-state index in [9.17, 15) is 35.6 Å². The molecule has 0 unspecified atom stereocenters. The lowest BCUT2D eigenvalue weighted by atomic mass is 10.0. The zero-order valence-corrected chi connectivity index (χ0v) is 26.6. The predicted octanol–water partition coefficient (Wildman–Crippen LogP) is 6.59. The van der Waals surface area contributed by atoms with Crippen LogP contribution in [0, 0.1) is 5.82 Å². The number of benzene rings is 4. The Morgan fingerprint density at radius 2 is 1.45 bits per heavy atom. The van der Waals surface area contributed by atoms with Crippen LogP contribution in [0.2, 0.25) is 0 Å². The topological polar surface area (TPSA) is 86.8 Å². The average Bonchev–Trinajstić information content (AvgIpc) is 3.06. The average molecular weight is 670 g/mol. The Bertz CT molecular complexity index is 1750. The Morgan fingerprint density at radius 1 is 0.830 bits per heavy atom. The maximum atomic E-state index is 14.4. The number of nitrogens with one attached hydrogen (secondary N) is 1. The van der Waals surface area contributed by atoms with Crippen LogP contribution in [-0.4, -0.2) is 43.8 Å². The molecule has 2 amide bonds. The molecule has 248 valence electrons. The first-order chi connectivity index (χ1) is 22.3. The summed E-state index contributed by atoms with van der Waals surface area (Å²) in [7, 11) is -4.58. The van der Waals surface area contributed by atoms with Crippen LogP contribution in [0.3, 0.4) is 0 Å². The van der Waals surface area contributed by atoms with E-state index in [4.69, 9.17) is 0 Å². The number of carbonyl (C=O) groups excluding carboxylic acids is 2. The van der Waals surface area contributed by atoms with Gasteiger partial charge in [-0.1, -0.05) is 73.7 Å². The van der Waals surface area contributed by atoms with Crippen LogP contribution in [0.5, 0.6) is 0 Å². The van der Waals surface area contributed by atoms with Crippen LogP contribution in [0.25, 0.3) is 0 Å². The van der Waals surface area contributed by atoms with Gasteiger partial charge in [-0.25, -0.2) is 12.8 Å². The largest absolute Gasteiger partial charge is 0.416 e. The fourth-order valence-corrected chi connectivity index (χ4v) is 6.29. The third-order valence-electron chi connectivity index (χ3n) is 7.61. The molecular weight excluding hydrogens is 634 g/mol. The predicted molar refractivity (Wildman–Crippen MR) is 171 cm³/mol. The van der Waals surface area contributed by atoms with Gasteiger partial charge in [-0.3, -0.25) is 13.9 Å². The molecule has 1 N–H and O–H groups in total. The zero-order valence-electron chi connectivity index (χ0n) is 25.8. The Hall–Kier alpha value is -4.71. The minimum absolute atomic E-state index is 0.0467. The molecule has 4 aromatic carbocycles. The highest BCUT2D eigenvalue weighted by Crippen LogP contribution is 2.33. The van der Waals surface area contributed by atoms with Crippen LogP contribution in [0.15, 0.2) is 114 Å². The number of sulfonamides is 1. The maximum absolute atomic E-state index is 14.4. The molecule has 0 aliphatic rings. The van der Waals surface area contributed by atoms with Gasteiger partial charge >= 0.3 is 6.18 Å². The van der Waals surface area contributed by atoms with E-state index in [0.717, 1.165) is 12.1 Å². The van der Waals surface area contributed by atoms with Crippen LogP contribution in [0.1, 0.15) is 37.0 Å². The summed E-state index contributed by atoms with van der Waals surface area (Å²) in [5.74, 6) is -1.88. The fraction of sp³-hybridized carbons (Fsp3) is 0.257. The van der Waals surface area contributed by atoms with E-state index < -0.39 is 52.0 Å². The van der Waals surface area contributed by atoms with Crippen molar-refractivity contribution in [2.45, 2.75) is 56.4 Å².